The van der Waals surface area contributed by atoms with E-state index in [2.05, 4.69) is 39.7 Å². The Bertz CT molecular complexity index is 800. The van der Waals surface area contributed by atoms with Gasteiger partial charge in [0.25, 0.3) is 0 Å². The van der Waals surface area contributed by atoms with Gasteiger partial charge in [0.1, 0.15) is 0 Å². The van der Waals surface area contributed by atoms with Gasteiger partial charge in [0.2, 0.25) is 0 Å². The van der Waals surface area contributed by atoms with Crippen molar-refractivity contribution < 1.29 is 50.2 Å². The van der Waals surface area contributed by atoms with Crippen LogP contribution in [0.3, 0.4) is 0 Å². The fourth-order valence-corrected chi connectivity index (χ4v) is 3.95. The molecular formula is C18H20Cl2N4O2PdS2. The summed E-state index contributed by atoms with van der Waals surface area (Å²) < 4.78 is 0. The molecule has 29 heavy (non-hydrogen) atoms. The minimum Gasteiger partial charge on any atom is -1.00 e. The van der Waals surface area contributed by atoms with Crippen molar-refractivity contribution in [2.24, 2.45) is 11.0 Å². The number of thiophene rings is 1. The van der Waals surface area contributed by atoms with E-state index in [-0.39, 0.29) is 50.2 Å². The monoisotopic (exact) mass is 564 g/mol. The summed E-state index contributed by atoms with van der Waals surface area (Å²) in [6.45, 7) is 1.84. The van der Waals surface area contributed by atoms with Crippen LogP contribution in [0.25, 0.3) is 0 Å². The fraction of sp³-hybridized carbons (Fsp3) is 0.333. The first-order chi connectivity index (χ1) is 12.6. The molecule has 0 bridgehead atoms. The number of hydrogen-bond donors (Lipinski definition) is 1. The van der Waals surface area contributed by atoms with E-state index in [4.69, 9.17) is 12.2 Å². The molecule has 0 spiro atoms. The summed E-state index contributed by atoms with van der Waals surface area (Å²) >= 11 is 6.48. The second-order valence-corrected chi connectivity index (χ2v) is 7.71. The van der Waals surface area contributed by atoms with Crippen LogP contribution in [0.4, 0.5) is 5.00 Å². The first-order valence-electron chi connectivity index (χ1n) is 8.48. The van der Waals surface area contributed by atoms with Crippen LogP contribution in [0.5, 0.6) is 0 Å². The molecule has 1 saturated heterocycles. The Balaban J connectivity index is 0.00000261. The molecule has 0 radical (unpaired) electrons. The number of rotatable bonds is 5. The molecule has 0 aliphatic carbocycles. The third-order valence-corrected chi connectivity index (χ3v) is 5.73. The zero-order valence-corrected chi connectivity index (χ0v) is 20.0. The fourth-order valence-electron chi connectivity index (χ4n) is 3.02. The number of thiocarbonyl (C=S) groups is 1. The molecule has 2 aromatic rings. The van der Waals surface area contributed by atoms with Crippen molar-refractivity contribution in [1.82, 2.24) is 10.3 Å². The first kappa shape index (κ1) is 27.9. The van der Waals surface area contributed by atoms with E-state index in [1.54, 1.807) is 12.3 Å². The normalized spacial score (nSPS) is 13.7. The molecule has 0 amide bonds. The Labute approximate surface area is 205 Å². The number of nitrogens with zero attached hydrogens (tertiary/aromatic N) is 3. The van der Waals surface area contributed by atoms with Crippen molar-refractivity contribution in [2.75, 3.05) is 13.1 Å². The molecule has 0 saturated carbocycles. The van der Waals surface area contributed by atoms with Crippen molar-refractivity contribution in [3.63, 3.8) is 0 Å². The average Bonchev–Trinajstić information content (AvgIpc) is 3.12. The molecule has 1 aliphatic rings. The van der Waals surface area contributed by atoms with Gasteiger partial charge in [0.05, 0.1) is 16.0 Å². The number of likely N-dealkylation sites (tertiary alicyclic amines) is 1. The molecule has 1 aromatic heterocycles. The van der Waals surface area contributed by atoms with Gasteiger partial charge >= 0.3 is 25.4 Å². The van der Waals surface area contributed by atoms with E-state index in [0.29, 0.717) is 15.9 Å². The van der Waals surface area contributed by atoms with Crippen LogP contribution in [-0.2, 0) is 26.8 Å². The van der Waals surface area contributed by atoms with Gasteiger partial charge in [-0.15, -0.1) is 0 Å². The summed E-state index contributed by atoms with van der Waals surface area (Å²) in [6, 6.07) is 13.7. The molecule has 1 fully saturated rings. The predicted octanol–water partition coefficient (Wildman–Crippen LogP) is -2.18. The molecule has 0 atom stereocenters. The van der Waals surface area contributed by atoms with Gasteiger partial charge in [0, 0.05) is 19.2 Å². The molecule has 6 nitrogen and oxygen atoms in total. The molecule has 11 heteroatoms. The predicted molar refractivity (Wildman–Crippen MR) is 109 cm³/mol. The molecule has 2 heterocycles. The van der Waals surface area contributed by atoms with Gasteiger partial charge in [-0.05, 0) is 49.0 Å². The molecule has 1 aromatic carbocycles. The van der Waals surface area contributed by atoms with E-state index in [0.717, 1.165) is 43.7 Å². The minimum atomic E-state index is -0.403. The maximum Gasteiger partial charge on any atom is 2.00 e. The SMILES string of the molecule is O=[N+]([O-])c1ccc(/C=N/NC(=S)N2CCC(Cc3ccccc3)CC2)s1.[Cl-].[Cl-].[Pd+2]. The number of nitro groups is 1. The van der Waals surface area contributed by atoms with E-state index in [1.807, 2.05) is 6.07 Å². The first-order valence-corrected chi connectivity index (χ1v) is 9.70. The van der Waals surface area contributed by atoms with Crippen molar-refractivity contribution in [3.05, 3.63) is 63.0 Å². The second kappa shape index (κ2) is 14.0. The third kappa shape index (κ3) is 8.67. The van der Waals surface area contributed by atoms with E-state index in [9.17, 15) is 10.1 Å². The third-order valence-electron chi connectivity index (χ3n) is 4.41. The standard InChI is InChI=1S/C18H20N4O2S2.2ClH.Pd/c23-22(24)17-7-6-16(26-17)13-19-20-18(25)21-10-8-15(9-11-21)12-14-4-2-1-3-5-14;;;/h1-7,13,15H,8-12H2,(H,20,25);2*1H;/q;;;+2/p-2/b19-13+;;;. The van der Waals surface area contributed by atoms with E-state index >= 15 is 0 Å². The summed E-state index contributed by atoms with van der Waals surface area (Å²) in [5, 5.41) is 15.5. The Morgan fingerprint density at radius 3 is 2.48 bits per heavy atom. The van der Waals surface area contributed by atoms with Crippen LogP contribution < -0.4 is 30.2 Å². The van der Waals surface area contributed by atoms with Crippen molar-refractivity contribution >= 4 is 39.9 Å². The zero-order chi connectivity index (χ0) is 18.4. The Morgan fingerprint density at radius 1 is 1.24 bits per heavy atom. The number of hydrogen-bond acceptors (Lipinski definition) is 5. The van der Waals surface area contributed by atoms with Crippen molar-refractivity contribution in [3.8, 4) is 0 Å². The summed E-state index contributed by atoms with van der Waals surface area (Å²) in [6.07, 6.45) is 4.89. The van der Waals surface area contributed by atoms with Crippen molar-refractivity contribution in [1.29, 1.82) is 0 Å². The summed E-state index contributed by atoms with van der Waals surface area (Å²) in [4.78, 5) is 13.1. The molecular weight excluding hydrogens is 546 g/mol. The summed E-state index contributed by atoms with van der Waals surface area (Å²) in [7, 11) is 0. The van der Waals surface area contributed by atoms with E-state index < -0.39 is 4.92 Å². The average molecular weight is 566 g/mol. The Kier molecular flexibility index (Phi) is 13.5. The van der Waals surface area contributed by atoms with Crippen LogP contribution in [0.2, 0.25) is 0 Å². The number of nitrogens with one attached hydrogen (secondary N) is 1. The largest absolute Gasteiger partial charge is 2.00 e. The Morgan fingerprint density at radius 2 is 1.90 bits per heavy atom. The smallest absolute Gasteiger partial charge is 1.00 e. The van der Waals surface area contributed by atoms with Crippen LogP contribution in [0.1, 0.15) is 23.3 Å². The van der Waals surface area contributed by atoms with Crippen LogP contribution in [0, 0.1) is 16.0 Å². The molecule has 0 unspecified atom stereocenters. The quantitative estimate of drug-likeness (QED) is 0.147. The summed E-state index contributed by atoms with van der Waals surface area (Å²) in [5.41, 5.74) is 4.26. The Hall–Kier alpha value is -1.08. The van der Waals surface area contributed by atoms with Crippen LogP contribution in [0.15, 0.2) is 47.6 Å². The number of piperidine rings is 1. The number of hydrazone groups is 1. The van der Waals surface area contributed by atoms with Gasteiger partial charge in [-0.1, -0.05) is 41.7 Å². The van der Waals surface area contributed by atoms with E-state index in [1.165, 1.54) is 11.6 Å². The molecule has 1 N–H and O–H groups in total. The molecule has 3 rings (SSSR count). The van der Waals surface area contributed by atoms with Gasteiger partial charge < -0.3 is 29.7 Å². The van der Waals surface area contributed by atoms with Gasteiger partial charge in [0.15, 0.2) is 5.11 Å². The van der Waals surface area contributed by atoms with Gasteiger partial charge in [-0.3, -0.25) is 15.5 Å². The van der Waals surface area contributed by atoms with Crippen LogP contribution in [-0.4, -0.2) is 34.2 Å². The minimum absolute atomic E-state index is 0. The summed E-state index contributed by atoms with van der Waals surface area (Å²) in [5.74, 6) is 0.687. The maximum atomic E-state index is 10.7. The van der Waals surface area contributed by atoms with Crippen LogP contribution >= 0.6 is 23.6 Å². The second-order valence-electron chi connectivity index (χ2n) is 6.23. The number of halogens is 2. The number of benzene rings is 1. The topological polar surface area (TPSA) is 70.8 Å². The maximum absolute atomic E-state index is 10.7. The van der Waals surface area contributed by atoms with Gasteiger partial charge in [-0.2, -0.15) is 5.10 Å². The van der Waals surface area contributed by atoms with Gasteiger partial charge in [-0.25, -0.2) is 0 Å². The van der Waals surface area contributed by atoms with Crippen molar-refractivity contribution in [2.45, 2.75) is 19.3 Å². The molecule has 1 aliphatic heterocycles. The zero-order valence-electron chi connectivity index (χ0n) is 15.3. The molecule has 160 valence electrons.